The number of rotatable bonds is 7. The minimum atomic E-state index is -1.38. The zero-order valence-electron chi connectivity index (χ0n) is 23.6. The highest BCUT2D eigenvalue weighted by molar-refractivity contribution is 5.97. The van der Waals surface area contributed by atoms with E-state index in [0.717, 1.165) is 6.07 Å². The van der Waals surface area contributed by atoms with Crippen LogP contribution in [0, 0.1) is 11.6 Å². The number of anilines is 3. The summed E-state index contributed by atoms with van der Waals surface area (Å²) in [5.41, 5.74) is 0.00723. The second kappa shape index (κ2) is 10.9. The number of carboxylic acid groups (broad SMARTS) is 1. The summed E-state index contributed by atoms with van der Waals surface area (Å²) in [7, 11) is 0. The van der Waals surface area contributed by atoms with E-state index in [-0.39, 0.29) is 41.8 Å². The number of piperazine rings is 1. The van der Waals surface area contributed by atoms with Crippen molar-refractivity contribution in [2.75, 3.05) is 54.0 Å². The van der Waals surface area contributed by atoms with Crippen LogP contribution in [0.15, 0.2) is 35.3 Å². The highest BCUT2D eigenvalue weighted by atomic mass is 19.1. The maximum Gasteiger partial charge on any atom is 0.414 e. The van der Waals surface area contributed by atoms with Gasteiger partial charge in [0.25, 0.3) is 0 Å². The molecule has 3 aliphatic heterocycles. The number of carbonyl (C=O) groups is 3. The Hall–Kier alpha value is -4.68. The number of Topliss-reactive ketones (excluding diaryl/α,β-unsaturated/α-hetero) is 1. The number of halogens is 2. The monoisotopic (exact) mass is 596 g/mol. The Balaban J connectivity index is 1.21. The van der Waals surface area contributed by atoms with Gasteiger partial charge in [0.2, 0.25) is 5.43 Å². The van der Waals surface area contributed by atoms with Crippen LogP contribution in [0.5, 0.6) is 5.75 Å². The van der Waals surface area contributed by atoms with E-state index in [9.17, 15) is 24.3 Å². The van der Waals surface area contributed by atoms with Gasteiger partial charge in [-0.3, -0.25) is 9.69 Å². The third-order valence-electron chi connectivity index (χ3n) is 8.24. The molecular formula is C30H30F2N4O7. The fraction of sp³-hybridized carbons (Fsp3) is 0.400. The molecule has 2 atom stereocenters. The van der Waals surface area contributed by atoms with Crippen molar-refractivity contribution >= 4 is 45.8 Å². The molecule has 0 spiro atoms. The number of amides is 1. The number of ketones is 1. The van der Waals surface area contributed by atoms with E-state index in [1.54, 1.807) is 21.6 Å². The van der Waals surface area contributed by atoms with Gasteiger partial charge < -0.3 is 33.7 Å². The SMILES string of the molecule is CC(=O)CC[C@H]1CN(c2ccc(N3CCN(c4c(F)cc5c(=O)c(C(=O)O)cn6c5c4OCC6C)CC3)c(F)c2)C(=O)O1. The van der Waals surface area contributed by atoms with Crippen LogP contribution >= 0.6 is 0 Å². The molecular weight excluding hydrogens is 566 g/mol. The number of benzene rings is 2. The Labute approximate surface area is 244 Å². The second-order valence-electron chi connectivity index (χ2n) is 11.1. The summed E-state index contributed by atoms with van der Waals surface area (Å²) < 4.78 is 43.8. The van der Waals surface area contributed by atoms with Crippen LogP contribution in [0.3, 0.4) is 0 Å². The number of nitrogens with zero attached hydrogens (tertiary/aromatic N) is 4. The molecule has 11 nitrogen and oxygen atoms in total. The second-order valence-corrected chi connectivity index (χ2v) is 11.1. The molecule has 1 N–H and O–H groups in total. The van der Waals surface area contributed by atoms with Crippen LogP contribution in [-0.2, 0) is 9.53 Å². The van der Waals surface area contributed by atoms with Crippen LogP contribution in [0.25, 0.3) is 10.9 Å². The molecule has 2 fully saturated rings. The summed E-state index contributed by atoms with van der Waals surface area (Å²) in [6, 6.07) is 5.32. The Morgan fingerprint density at radius 1 is 1.05 bits per heavy atom. The molecule has 1 aromatic heterocycles. The molecule has 13 heteroatoms. The zero-order valence-corrected chi connectivity index (χ0v) is 23.6. The molecule has 1 unspecified atom stereocenters. The lowest BCUT2D eigenvalue weighted by molar-refractivity contribution is -0.117. The number of hydrogen-bond donors (Lipinski definition) is 1. The number of aromatic nitrogens is 1. The number of carbonyl (C=O) groups excluding carboxylic acids is 2. The first-order chi connectivity index (χ1) is 20.5. The van der Waals surface area contributed by atoms with E-state index in [0.29, 0.717) is 55.9 Å². The first kappa shape index (κ1) is 28.4. The van der Waals surface area contributed by atoms with Crippen LogP contribution < -0.4 is 24.9 Å². The Bertz CT molecular complexity index is 1720. The van der Waals surface area contributed by atoms with Crippen molar-refractivity contribution in [1.82, 2.24) is 4.57 Å². The largest absolute Gasteiger partial charge is 0.487 e. The highest BCUT2D eigenvalue weighted by Gasteiger charge is 2.34. The van der Waals surface area contributed by atoms with E-state index in [1.807, 2.05) is 11.8 Å². The van der Waals surface area contributed by atoms with E-state index < -0.39 is 40.8 Å². The molecule has 4 heterocycles. The van der Waals surface area contributed by atoms with Gasteiger partial charge in [0.15, 0.2) is 11.6 Å². The Kier molecular flexibility index (Phi) is 7.18. The number of carboxylic acids is 1. The first-order valence-corrected chi connectivity index (χ1v) is 14.1. The standard InChI is InChI=1S/C30H30F2N4O7/c1-16-15-42-28-25-20(27(38)21(29(39)40)14-35(16)25)12-23(32)26(28)34-9-7-33(8-10-34)24-6-4-18(11-22(24)31)36-13-19(43-30(36)41)5-3-17(2)37/h4,6,11-12,14,16,19H,3,5,7-10,13,15H2,1-2H3,(H,39,40)/t16?,19-/m0/s1. The van der Waals surface area contributed by atoms with Crippen LogP contribution in [-0.4, -0.2) is 73.0 Å². The van der Waals surface area contributed by atoms with E-state index in [1.165, 1.54) is 24.1 Å². The molecule has 2 aromatic carbocycles. The predicted octanol–water partition coefficient (Wildman–Crippen LogP) is 3.95. The Morgan fingerprint density at radius 2 is 1.77 bits per heavy atom. The summed E-state index contributed by atoms with van der Waals surface area (Å²) in [5.74, 6) is -2.42. The van der Waals surface area contributed by atoms with Gasteiger partial charge in [-0.15, -0.1) is 0 Å². The van der Waals surface area contributed by atoms with Crippen molar-refractivity contribution in [3.8, 4) is 5.75 Å². The number of ether oxygens (including phenoxy) is 2. The summed E-state index contributed by atoms with van der Waals surface area (Å²) in [6.07, 6.45) is 0.967. The van der Waals surface area contributed by atoms with E-state index >= 15 is 8.78 Å². The molecule has 0 radical (unpaired) electrons. The molecule has 226 valence electrons. The minimum absolute atomic E-state index is 0.00415. The lowest BCUT2D eigenvalue weighted by Gasteiger charge is -2.39. The topological polar surface area (TPSA) is 122 Å². The normalized spacial score (nSPS) is 19.9. The van der Waals surface area contributed by atoms with E-state index in [2.05, 4.69) is 0 Å². The molecule has 0 saturated carbocycles. The summed E-state index contributed by atoms with van der Waals surface area (Å²) in [4.78, 5) is 53.1. The quantitative estimate of drug-likeness (QED) is 0.432. The van der Waals surface area contributed by atoms with Gasteiger partial charge in [0.1, 0.15) is 35.6 Å². The summed E-state index contributed by atoms with van der Waals surface area (Å²) in [5, 5.41) is 9.44. The molecule has 6 rings (SSSR count). The fourth-order valence-electron chi connectivity index (χ4n) is 6.00. The Morgan fingerprint density at radius 3 is 2.44 bits per heavy atom. The van der Waals surface area contributed by atoms with Crippen molar-refractivity contribution < 1.29 is 37.7 Å². The predicted molar refractivity (Wildman–Crippen MR) is 154 cm³/mol. The molecule has 43 heavy (non-hydrogen) atoms. The molecule has 2 saturated heterocycles. The average Bonchev–Trinajstić information content (AvgIpc) is 3.35. The van der Waals surface area contributed by atoms with Crippen LogP contribution in [0.4, 0.5) is 30.6 Å². The van der Waals surface area contributed by atoms with Crippen molar-refractivity contribution in [3.05, 3.63) is 57.9 Å². The van der Waals surface area contributed by atoms with Gasteiger partial charge >= 0.3 is 12.1 Å². The van der Waals surface area contributed by atoms with Gasteiger partial charge in [-0.2, -0.15) is 0 Å². The molecule has 0 bridgehead atoms. The highest BCUT2D eigenvalue weighted by Crippen LogP contribution is 2.42. The molecule has 0 aliphatic carbocycles. The van der Waals surface area contributed by atoms with Gasteiger partial charge in [0, 0.05) is 38.8 Å². The van der Waals surface area contributed by atoms with Gasteiger partial charge in [-0.1, -0.05) is 0 Å². The van der Waals surface area contributed by atoms with Gasteiger partial charge in [-0.05, 0) is 44.5 Å². The summed E-state index contributed by atoms with van der Waals surface area (Å²) >= 11 is 0. The average molecular weight is 597 g/mol. The third-order valence-corrected chi connectivity index (χ3v) is 8.24. The molecule has 1 amide bonds. The zero-order chi connectivity index (χ0) is 30.6. The van der Waals surface area contributed by atoms with E-state index in [4.69, 9.17) is 9.47 Å². The smallest absolute Gasteiger partial charge is 0.414 e. The summed E-state index contributed by atoms with van der Waals surface area (Å²) in [6.45, 7) is 5.05. The number of pyridine rings is 1. The maximum absolute atomic E-state index is 15.6. The van der Waals surface area contributed by atoms with Gasteiger partial charge in [0.05, 0.1) is 34.9 Å². The number of hydrogen-bond acceptors (Lipinski definition) is 8. The van der Waals surface area contributed by atoms with Crippen LogP contribution in [0.1, 0.15) is 43.1 Å². The van der Waals surface area contributed by atoms with Crippen LogP contribution in [0.2, 0.25) is 0 Å². The van der Waals surface area contributed by atoms with Crippen molar-refractivity contribution in [3.63, 3.8) is 0 Å². The third kappa shape index (κ3) is 5.02. The van der Waals surface area contributed by atoms with Gasteiger partial charge in [-0.25, -0.2) is 18.4 Å². The minimum Gasteiger partial charge on any atom is -0.487 e. The lowest BCUT2D eigenvalue weighted by Crippen LogP contribution is -2.47. The molecule has 3 aromatic rings. The van der Waals surface area contributed by atoms with Crippen molar-refractivity contribution in [2.45, 2.75) is 38.8 Å². The maximum atomic E-state index is 15.6. The number of aromatic carboxylic acids is 1. The van der Waals surface area contributed by atoms with Crippen molar-refractivity contribution in [2.24, 2.45) is 0 Å². The molecule has 3 aliphatic rings. The fourth-order valence-corrected chi connectivity index (χ4v) is 6.00. The number of cyclic esters (lactones) is 1. The van der Waals surface area contributed by atoms with Crippen molar-refractivity contribution in [1.29, 1.82) is 0 Å². The lowest BCUT2D eigenvalue weighted by atomic mass is 10.1. The first-order valence-electron chi connectivity index (χ1n) is 14.1.